The van der Waals surface area contributed by atoms with E-state index in [0.29, 0.717) is 29.5 Å². The summed E-state index contributed by atoms with van der Waals surface area (Å²) in [6, 6.07) is 16.1. The molecular formula is C21H20N4O2. The van der Waals surface area contributed by atoms with Crippen molar-refractivity contribution in [3.8, 4) is 0 Å². The predicted octanol–water partition coefficient (Wildman–Crippen LogP) is 4.25. The van der Waals surface area contributed by atoms with Crippen LogP contribution in [0.5, 0.6) is 0 Å². The number of aryl methyl sites for hydroxylation is 3. The van der Waals surface area contributed by atoms with Crippen LogP contribution in [0, 0.1) is 20.8 Å². The van der Waals surface area contributed by atoms with Crippen LogP contribution in [0.2, 0.25) is 0 Å². The SMILES string of the molecule is Cc1ccccc1Cn1c(NC(=O)c2c(C)noc2C)nc2ccccc21. The Balaban J connectivity index is 1.76. The summed E-state index contributed by atoms with van der Waals surface area (Å²) in [5.74, 6) is 0.726. The summed E-state index contributed by atoms with van der Waals surface area (Å²) < 4.78 is 7.14. The first kappa shape index (κ1) is 17.0. The van der Waals surface area contributed by atoms with Crippen LogP contribution in [-0.4, -0.2) is 20.6 Å². The fraction of sp³-hybridized carbons (Fsp3) is 0.190. The lowest BCUT2D eigenvalue weighted by Crippen LogP contribution is -2.17. The summed E-state index contributed by atoms with van der Waals surface area (Å²) in [6.45, 7) is 6.17. The monoisotopic (exact) mass is 360 g/mol. The average molecular weight is 360 g/mol. The van der Waals surface area contributed by atoms with Crippen molar-refractivity contribution < 1.29 is 9.32 Å². The van der Waals surface area contributed by atoms with E-state index >= 15 is 0 Å². The van der Waals surface area contributed by atoms with Crippen LogP contribution >= 0.6 is 0 Å². The number of nitrogens with zero attached hydrogens (tertiary/aromatic N) is 3. The first-order valence-electron chi connectivity index (χ1n) is 8.78. The average Bonchev–Trinajstić information content (AvgIpc) is 3.16. The zero-order valence-corrected chi connectivity index (χ0v) is 15.5. The predicted molar refractivity (Wildman–Crippen MR) is 104 cm³/mol. The number of hydrogen-bond acceptors (Lipinski definition) is 4. The minimum atomic E-state index is -0.271. The molecule has 0 fully saturated rings. The van der Waals surface area contributed by atoms with Crippen molar-refractivity contribution in [1.29, 1.82) is 0 Å². The van der Waals surface area contributed by atoms with Gasteiger partial charge in [0, 0.05) is 0 Å². The molecule has 0 aliphatic carbocycles. The van der Waals surface area contributed by atoms with Crippen LogP contribution in [0.15, 0.2) is 53.1 Å². The Labute approximate surface area is 156 Å². The molecule has 0 atom stereocenters. The topological polar surface area (TPSA) is 73.0 Å². The van der Waals surface area contributed by atoms with E-state index < -0.39 is 0 Å². The quantitative estimate of drug-likeness (QED) is 0.590. The molecule has 27 heavy (non-hydrogen) atoms. The second-order valence-electron chi connectivity index (χ2n) is 6.59. The van der Waals surface area contributed by atoms with E-state index in [0.717, 1.165) is 11.0 Å². The van der Waals surface area contributed by atoms with Crippen LogP contribution in [0.1, 0.15) is 32.9 Å². The highest BCUT2D eigenvalue weighted by atomic mass is 16.5. The van der Waals surface area contributed by atoms with Gasteiger partial charge in [0.2, 0.25) is 5.95 Å². The summed E-state index contributed by atoms with van der Waals surface area (Å²) in [5.41, 5.74) is 5.18. The Morgan fingerprint density at radius 2 is 1.81 bits per heavy atom. The molecule has 0 aliphatic rings. The Morgan fingerprint density at radius 3 is 2.56 bits per heavy atom. The molecule has 0 saturated heterocycles. The number of benzene rings is 2. The van der Waals surface area contributed by atoms with Gasteiger partial charge in [-0.25, -0.2) is 4.98 Å². The fourth-order valence-corrected chi connectivity index (χ4v) is 3.26. The number of carbonyl (C=O) groups is 1. The molecule has 0 bridgehead atoms. The van der Waals surface area contributed by atoms with E-state index in [9.17, 15) is 4.79 Å². The van der Waals surface area contributed by atoms with Gasteiger partial charge >= 0.3 is 0 Å². The molecule has 0 radical (unpaired) electrons. The molecule has 136 valence electrons. The largest absolute Gasteiger partial charge is 0.361 e. The van der Waals surface area contributed by atoms with Gasteiger partial charge in [-0.15, -0.1) is 0 Å². The Hall–Kier alpha value is -3.41. The highest BCUT2D eigenvalue weighted by Gasteiger charge is 2.20. The van der Waals surface area contributed by atoms with Crippen LogP contribution in [0.25, 0.3) is 11.0 Å². The van der Waals surface area contributed by atoms with Crippen molar-refractivity contribution in [3.63, 3.8) is 0 Å². The van der Waals surface area contributed by atoms with E-state index in [1.165, 1.54) is 11.1 Å². The van der Waals surface area contributed by atoms with Crippen LogP contribution in [0.4, 0.5) is 5.95 Å². The summed E-state index contributed by atoms with van der Waals surface area (Å²) in [5, 5.41) is 6.80. The smallest absolute Gasteiger partial charge is 0.263 e. The molecule has 0 aliphatic heterocycles. The molecule has 1 amide bonds. The fourth-order valence-electron chi connectivity index (χ4n) is 3.26. The third-order valence-electron chi connectivity index (χ3n) is 4.73. The maximum Gasteiger partial charge on any atom is 0.263 e. The first-order valence-corrected chi connectivity index (χ1v) is 8.78. The standard InChI is InChI=1S/C21H20N4O2/c1-13-8-4-5-9-16(13)12-25-18-11-7-6-10-17(18)22-21(25)23-20(26)19-14(2)24-27-15(19)3/h4-11H,12H2,1-3H3,(H,22,23,26). The molecule has 4 rings (SSSR count). The summed E-state index contributed by atoms with van der Waals surface area (Å²) >= 11 is 0. The van der Waals surface area contributed by atoms with Crippen molar-refractivity contribution in [1.82, 2.24) is 14.7 Å². The Morgan fingerprint density at radius 1 is 1.07 bits per heavy atom. The Kier molecular flexibility index (Phi) is 4.24. The number of amides is 1. The van der Waals surface area contributed by atoms with E-state index in [1.807, 2.05) is 41.0 Å². The third-order valence-corrected chi connectivity index (χ3v) is 4.73. The maximum absolute atomic E-state index is 12.8. The molecule has 2 aromatic carbocycles. The zero-order chi connectivity index (χ0) is 19.0. The number of nitrogens with one attached hydrogen (secondary N) is 1. The maximum atomic E-state index is 12.8. The van der Waals surface area contributed by atoms with Gasteiger partial charge in [-0.1, -0.05) is 41.6 Å². The number of hydrogen-bond donors (Lipinski definition) is 1. The number of fused-ring (bicyclic) bond motifs is 1. The number of aromatic nitrogens is 3. The van der Waals surface area contributed by atoms with Crippen LogP contribution in [0.3, 0.4) is 0 Å². The van der Waals surface area contributed by atoms with Crippen molar-refractivity contribution >= 4 is 22.9 Å². The molecule has 6 heteroatoms. The molecule has 2 aromatic heterocycles. The van der Waals surface area contributed by atoms with Gasteiger partial charge in [0.05, 0.1) is 23.3 Å². The van der Waals surface area contributed by atoms with Gasteiger partial charge in [-0.2, -0.15) is 0 Å². The molecule has 0 spiro atoms. The summed E-state index contributed by atoms with van der Waals surface area (Å²) in [4.78, 5) is 17.4. The van der Waals surface area contributed by atoms with Gasteiger partial charge in [0.1, 0.15) is 11.3 Å². The van der Waals surface area contributed by atoms with E-state index in [2.05, 4.69) is 34.5 Å². The van der Waals surface area contributed by atoms with Gasteiger partial charge in [-0.3, -0.25) is 10.1 Å². The lowest BCUT2D eigenvalue weighted by atomic mass is 10.1. The second-order valence-corrected chi connectivity index (χ2v) is 6.59. The number of anilines is 1. The number of rotatable bonds is 4. The molecule has 1 N–H and O–H groups in total. The molecular weight excluding hydrogens is 340 g/mol. The minimum absolute atomic E-state index is 0.271. The number of imidazole rings is 1. The second kappa shape index (κ2) is 6.72. The van der Waals surface area contributed by atoms with Gasteiger partial charge in [0.25, 0.3) is 5.91 Å². The summed E-state index contributed by atoms with van der Waals surface area (Å²) in [6.07, 6.45) is 0. The molecule has 6 nitrogen and oxygen atoms in total. The normalized spacial score (nSPS) is 11.1. The highest BCUT2D eigenvalue weighted by molar-refractivity contribution is 6.05. The third kappa shape index (κ3) is 3.10. The van der Waals surface area contributed by atoms with Gasteiger partial charge in [0.15, 0.2) is 0 Å². The first-order chi connectivity index (χ1) is 13.0. The van der Waals surface area contributed by atoms with Gasteiger partial charge in [-0.05, 0) is 44.0 Å². The summed E-state index contributed by atoms with van der Waals surface area (Å²) in [7, 11) is 0. The zero-order valence-electron chi connectivity index (χ0n) is 15.5. The van der Waals surface area contributed by atoms with Gasteiger partial charge < -0.3 is 9.09 Å². The molecule has 4 aromatic rings. The van der Waals surface area contributed by atoms with E-state index in [1.54, 1.807) is 13.8 Å². The van der Waals surface area contributed by atoms with Crippen molar-refractivity contribution in [3.05, 3.63) is 76.7 Å². The van der Waals surface area contributed by atoms with E-state index in [4.69, 9.17) is 4.52 Å². The highest BCUT2D eigenvalue weighted by Crippen LogP contribution is 2.23. The molecule has 0 unspecified atom stereocenters. The molecule has 0 saturated carbocycles. The van der Waals surface area contributed by atoms with Crippen molar-refractivity contribution in [2.75, 3.05) is 5.32 Å². The van der Waals surface area contributed by atoms with Crippen LogP contribution < -0.4 is 5.32 Å². The molecule has 2 heterocycles. The van der Waals surface area contributed by atoms with Crippen LogP contribution in [-0.2, 0) is 6.54 Å². The number of carbonyl (C=O) groups excluding carboxylic acids is 1. The van der Waals surface area contributed by atoms with Crippen molar-refractivity contribution in [2.24, 2.45) is 0 Å². The lowest BCUT2D eigenvalue weighted by Gasteiger charge is -2.12. The Bertz CT molecular complexity index is 1120. The lowest BCUT2D eigenvalue weighted by molar-refractivity contribution is 0.102. The number of para-hydroxylation sites is 2. The minimum Gasteiger partial charge on any atom is -0.361 e. The van der Waals surface area contributed by atoms with Crippen molar-refractivity contribution in [2.45, 2.75) is 27.3 Å². The van der Waals surface area contributed by atoms with E-state index in [-0.39, 0.29) is 5.91 Å².